The number of carboxylic acid groups (broad SMARTS) is 2. The minimum atomic E-state index is -0.941. The molecule has 11 N–H and O–H groups in total. The summed E-state index contributed by atoms with van der Waals surface area (Å²) < 4.78 is 0. The number of aliphatic carboxylic acids is 2. The number of carboxylic acids is 2. The quantitative estimate of drug-likeness (QED) is 0.124. The smallest absolute Gasteiger partial charge is 0.374 e. The van der Waals surface area contributed by atoms with Crippen molar-refractivity contribution in [3.8, 4) is 0 Å². The van der Waals surface area contributed by atoms with E-state index in [4.69, 9.17) is 15.2 Å². The van der Waals surface area contributed by atoms with E-state index in [-0.39, 0.29) is 52.5 Å². The fraction of sp³-hybridized carbons (Fsp3) is 0.911. The maximum Gasteiger partial charge on any atom is 0.374 e. The molecule has 20 heteroatoms. The molecule has 0 aromatic rings. The van der Waals surface area contributed by atoms with Crippen LogP contribution in [0.3, 0.4) is 0 Å². The van der Waals surface area contributed by atoms with Crippen LogP contribution in [0.15, 0.2) is 0 Å². The van der Waals surface area contributed by atoms with Crippen LogP contribution < -0.4 is 21.0 Å². The van der Waals surface area contributed by atoms with Crippen LogP contribution in [0.5, 0.6) is 0 Å². The largest absolute Gasteiger partial charge is 0.480 e. The van der Waals surface area contributed by atoms with Crippen LogP contribution in [0.25, 0.3) is 0 Å². The number of aliphatic hydroxyl groups is 2. The molecular formula is C45H87B3N6O11. The molecule has 6 fully saturated rings. The van der Waals surface area contributed by atoms with Gasteiger partial charge in [-0.2, -0.15) is 0 Å². The van der Waals surface area contributed by atoms with E-state index in [1.165, 1.54) is 11.7 Å². The topological polar surface area (TPSA) is 264 Å². The van der Waals surface area contributed by atoms with Gasteiger partial charge < -0.3 is 66.3 Å². The van der Waals surface area contributed by atoms with Gasteiger partial charge in [-0.25, -0.2) is 4.79 Å². The highest BCUT2D eigenvalue weighted by Crippen LogP contribution is 2.66. The van der Waals surface area contributed by atoms with Gasteiger partial charge in [0.15, 0.2) is 0 Å². The molecule has 0 bridgehead atoms. The maximum absolute atomic E-state index is 12.9. The molecule has 0 unspecified atom stereocenters. The fourth-order valence-corrected chi connectivity index (χ4v) is 11.4. The lowest BCUT2D eigenvalue weighted by Gasteiger charge is -2.38. The number of piperidine rings is 3. The number of nitrogens with one attached hydrogen (secondary N) is 4. The molecule has 3 heterocycles. The first-order valence-electron chi connectivity index (χ1n) is 23.7. The zero-order valence-corrected chi connectivity index (χ0v) is 42.9. The Kier molecular flexibility index (Phi) is 17.9. The van der Waals surface area contributed by atoms with Crippen molar-refractivity contribution in [2.45, 2.75) is 161 Å². The molecule has 12 atom stereocenters. The Morgan fingerprint density at radius 1 is 0.600 bits per heavy atom. The van der Waals surface area contributed by atoms with Crippen LogP contribution in [-0.2, 0) is 19.2 Å². The number of rotatable bonds is 12. The van der Waals surface area contributed by atoms with Crippen LogP contribution in [-0.4, -0.2) is 159 Å². The predicted octanol–water partition coefficient (Wildman–Crippen LogP) is 1.65. The summed E-state index contributed by atoms with van der Waals surface area (Å²) in [5, 5.41) is 76.9. The van der Waals surface area contributed by atoms with E-state index in [0.717, 1.165) is 24.9 Å². The van der Waals surface area contributed by atoms with Crippen LogP contribution in [0.1, 0.15) is 104 Å². The predicted molar refractivity (Wildman–Crippen MR) is 255 cm³/mol. The van der Waals surface area contributed by atoms with Gasteiger partial charge in [-0.15, -0.1) is 0 Å². The van der Waals surface area contributed by atoms with Crippen molar-refractivity contribution in [3.05, 3.63) is 0 Å². The lowest BCUT2D eigenvalue weighted by atomic mass is 9.78. The molecule has 65 heavy (non-hydrogen) atoms. The highest BCUT2D eigenvalue weighted by Gasteiger charge is 2.70. The number of amides is 2. The van der Waals surface area contributed by atoms with Crippen molar-refractivity contribution in [2.24, 2.45) is 68.0 Å². The van der Waals surface area contributed by atoms with E-state index >= 15 is 0 Å². The summed E-state index contributed by atoms with van der Waals surface area (Å²) in [5.41, 5.74) is -0.370. The second-order valence-corrected chi connectivity index (χ2v) is 24.8. The third kappa shape index (κ3) is 12.9. The van der Waals surface area contributed by atoms with Gasteiger partial charge in [0.2, 0.25) is 11.8 Å². The maximum atomic E-state index is 12.9. The first-order chi connectivity index (χ1) is 29.3. The summed E-state index contributed by atoms with van der Waals surface area (Å²) in [6.07, 6.45) is 0. The highest BCUT2D eigenvalue weighted by atomic mass is 16.4. The number of aliphatic hydroxyl groups excluding tert-OH is 2. The molecule has 6 rings (SSSR count). The average Bonchev–Trinajstić information content (AvgIpc) is 3.72. The number of carbonyl (C=O) groups excluding carboxylic acids is 2. The third-order valence-corrected chi connectivity index (χ3v) is 15.5. The van der Waals surface area contributed by atoms with E-state index in [1.807, 2.05) is 46.4 Å². The molecule has 0 aromatic heterocycles. The molecule has 0 radical (unpaired) electrons. The van der Waals surface area contributed by atoms with Crippen LogP contribution in [0.4, 0.5) is 0 Å². The van der Waals surface area contributed by atoms with Crippen molar-refractivity contribution >= 4 is 44.9 Å². The van der Waals surface area contributed by atoms with Crippen molar-refractivity contribution < 1.29 is 54.7 Å². The van der Waals surface area contributed by atoms with Gasteiger partial charge in [-0.1, -0.05) is 104 Å². The highest BCUT2D eigenvalue weighted by molar-refractivity contribution is 6.46. The standard InChI is InChI=1S/C15H27BN2O4.C15H29BN2O3.C8H15NO.C7H16BNO3/c1-14(2,3)11(17-16(6)22)12(19)18-7-8-9(15(8,4)5)10(18)13(20)21;1-14(2,3)12(17-16(6)21)13(20)18-7-9-11(10(18)8-19)15(9,4)5;1-8(2)5-3-9-6(4-10)7(5)8;1-7(2,3)5(6(10)11)9-8(4)12/h8-11,17,22H,7H2,1-6H3,(H,20,21);9-12,17,19,21H,7-8H2,1-6H3;5-7,9-10H,3-4H2,1-2H3;5,9,12H,1-4H3,(H,10,11)/t8-,9-,10-,11+;9-,10+,11-,12+;5-,6+,7-;5-/m0001/s1. The molecule has 6 aliphatic rings. The van der Waals surface area contributed by atoms with Gasteiger partial charge in [0.05, 0.1) is 31.3 Å². The summed E-state index contributed by atoms with van der Waals surface area (Å²) in [6, 6.07) is -2.24. The number of carbonyl (C=O) groups is 4. The second kappa shape index (κ2) is 20.4. The number of likely N-dealkylation sites (tertiary alicyclic amines) is 2. The number of hydrogen-bond acceptors (Lipinski definition) is 13. The van der Waals surface area contributed by atoms with Gasteiger partial charge >= 0.3 is 33.1 Å². The van der Waals surface area contributed by atoms with Gasteiger partial charge in [-0.3, -0.25) is 14.4 Å². The molecule has 0 aromatic carbocycles. The molecule has 3 aliphatic carbocycles. The Morgan fingerprint density at radius 2 is 0.969 bits per heavy atom. The fourth-order valence-electron chi connectivity index (χ4n) is 11.4. The first kappa shape index (κ1) is 57.0. The lowest BCUT2D eigenvalue weighted by molar-refractivity contribution is -0.152. The third-order valence-electron chi connectivity index (χ3n) is 15.5. The Bertz CT molecular complexity index is 1680. The Hall–Kier alpha value is -2.29. The van der Waals surface area contributed by atoms with Gasteiger partial charge in [0.25, 0.3) is 0 Å². The Morgan fingerprint density at radius 3 is 1.28 bits per heavy atom. The molecule has 17 nitrogen and oxygen atoms in total. The van der Waals surface area contributed by atoms with Crippen molar-refractivity contribution in [1.29, 1.82) is 0 Å². The first-order valence-corrected chi connectivity index (χ1v) is 23.7. The van der Waals surface area contributed by atoms with Gasteiger partial charge in [0, 0.05) is 25.0 Å². The van der Waals surface area contributed by atoms with Crippen molar-refractivity contribution in [1.82, 2.24) is 30.8 Å². The van der Waals surface area contributed by atoms with Gasteiger partial charge in [0.1, 0.15) is 12.1 Å². The van der Waals surface area contributed by atoms with Crippen molar-refractivity contribution in [2.75, 3.05) is 32.8 Å². The molecule has 3 saturated carbocycles. The zero-order chi connectivity index (χ0) is 50.5. The van der Waals surface area contributed by atoms with E-state index in [1.54, 1.807) is 34.4 Å². The van der Waals surface area contributed by atoms with E-state index in [9.17, 15) is 39.4 Å². The SMILES string of the molecule is CB(O)N[C@H](C(=O)N1C[C@H]2[C@@H]([C@H]1C(=O)O)C2(C)C)C(C)(C)C.CB(O)N[C@H](C(=O)N1C[C@H]2[C@@H]([C@H]1CO)C2(C)C)C(C)(C)C.CB(O)N[C@H](C(=O)O)C(C)(C)C.CC1(C)[C@@H]2[C@@H](CO)NC[C@@H]21. The number of hydrogen-bond donors (Lipinski definition) is 11. The average molecular weight is 921 g/mol. The minimum Gasteiger partial charge on any atom is -0.480 e. The minimum absolute atomic E-state index is 0.00519. The molecule has 3 aliphatic heterocycles. The van der Waals surface area contributed by atoms with E-state index < -0.39 is 68.1 Å². The second-order valence-electron chi connectivity index (χ2n) is 24.8. The van der Waals surface area contributed by atoms with Crippen molar-refractivity contribution in [3.63, 3.8) is 0 Å². The lowest BCUT2D eigenvalue weighted by Crippen LogP contribution is -2.59. The van der Waals surface area contributed by atoms with Crippen LogP contribution in [0, 0.1) is 68.0 Å². The Labute approximate surface area is 390 Å². The monoisotopic (exact) mass is 921 g/mol. The molecule has 2 amide bonds. The molecule has 3 saturated heterocycles. The summed E-state index contributed by atoms with van der Waals surface area (Å²) in [6.45, 7) is 37.6. The van der Waals surface area contributed by atoms with Crippen LogP contribution >= 0.6 is 0 Å². The van der Waals surface area contributed by atoms with E-state index in [0.29, 0.717) is 36.4 Å². The molecular weight excluding hydrogens is 833 g/mol. The normalized spacial score (nSPS) is 30.8. The number of fused-ring (bicyclic) bond motifs is 3. The van der Waals surface area contributed by atoms with Gasteiger partial charge in [-0.05, 0) is 89.1 Å². The molecule has 0 spiro atoms. The Balaban J connectivity index is 0.000000242. The van der Waals surface area contributed by atoms with E-state index in [2.05, 4.69) is 62.5 Å². The molecule has 372 valence electrons. The summed E-state index contributed by atoms with van der Waals surface area (Å²) in [4.78, 5) is 51.5. The zero-order valence-electron chi connectivity index (χ0n) is 42.9. The summed E-state index contributed by atoms with van der Waals surface area (Å²) in [5.74, 6) is 0.645. The summed E-state index contributed by atoms with van der Waals surface area (Å²) >= 11 is 0. The van der Waals surface area contributed by atoms with Crippen LogP contribution in [0.2, 0.25) is 20.5 Å². The number of nitrogens with zero attached hydrogens (tertiary/aromatic N) is 2. The summed E-state index contributed by atoms with van der Waals surface area (Å²) in [7, 11) is -2.37.